The third-order valence-corrected chi connectivity index (χ3v) is 10.2. The summed E-state index contributed by atoms with van der Waals surface area (Å²) in [5.74, 6) is 2.59. The number of ether oxygens (including phenoxy) is 1. The van der Waals surface area contributed by atoms with Crippen LogP contribution in [0.2, 0.25) is 0 Å². The molecule has 3 heteroatoms. The first-order valence-electron chi connectivity index (χ1n) is 11.8. The number of hydrogen-bond donors (Lipinski definition) is 2. The van der Waals surface area contributed by atoms with Crippen molar-refractivity contribution in [3.63, 3.8) is 0 Å². The van der Waals surface area contributed by atoms with E-state index in [2.05, 4.69) is 33.8 Å². The van der Waals surface area contributed by atoms with Gasteiger partial charge in [0.1, 0.15) is 5.60 Å². The molecule has 3 unspecified atom stereocenters. The molecule has 160 valence electrons. The van der Waals surface area contributed by atoms with Crippen LogP contribution in [0.1, 0.15) is 78.2 Å². The number of aliphatic hydroxyl groups excluding tert-OH is 1. The van der Waals surface area contributed by atoms with Crippen molar-refractivity contribution in [2.75, 3.05) is 6.61 Å². The van der Waals surface area contributed by atoms with E-state index in [1.165, 1.54) is 32.1 Å². The number of aliphatic hydroxyl groups is 1. The second-order valence-electron chi connectivity index (χ2n) is 11.9. The number of aromatic hydroxyl groups is 1. The van der Waals surface area contributed by atoms with Gasteiger partial charge in [0.15, 0.2) is 11.5 Å². The van der Waals surface area contributed by atoms with Crippen molar-refractivity contribution in [1.29, 1.82) is 0 Å². The Morgan fingerprint density at radius 1 is 0.966 bits per heavy atom. The van der Waals surface area contributed by atoms with Crippen LogP contribution in [0.3, 0.4) is 0 Å². The zero-order chi connectivity index (χ0) is 20.7. The maximum atomic E-state index is 10.9. The standard InChI is InChI=1S/C26H38O3/c1-23(2)11-6-12-26(16-27)19(23)9-13-24(3)20(26)10-14-25(4)21(24)15-17-7-5-8-18(28)22(17)29-25/h5,7-8,19-21,27-28H,6,9-16H2,1-4H3/t19?,20?,21?,24-,25+,26-/m1/s1. The second-order valence-corrected chi connectivity index (χ2v) is 11.9. The first-order chi connectivity index (χ1) is 13.7. The Balaban J connectivity index is 1.58. The van der Waals surface area contributed by atoms with Gasteiger partial charge in [0, 0.05) is 17.9 Å². The summed E-state index contributed by atoms with van der Waals surface area (Å²) in [6, 6.07) is 5.81. The molecule has 0 aromatic heterocycles. The molecule has 1 aliphatic heterocycles. The van der Waals surface area contributed by atoms with Gasteiger partial charge in [-0.15, -0.1) is 0 Å². The van der Waals surface area contributed by atoms with Gasteiger partial charge >= 0.3 is 0 Å². The molecule has 0 spiro atoms. The van der Waals surface area contributed by atoms with Gasteiger partial charge in [-0.3, -0.25) is 0 Å². The van der Waals surface area contributed by atoms with Gasteiger partial charge in [0.25, 0.3) is 0 Å². The third kappa shape index (κ3) is 2.52. The Morgan fingerprint density at radius 3 is 2.48 bits per heavy atom. The van der Waals surface area contributed by atoms with E-state index in [-0.39, 0.29) is 22.2 Å². The van der Waals surface area contributed by atoms with Crippen LogP contribution in [0.15, 0.2) is 18.2 Å². The zero-order valence-corrected chi connectivity index (χ0v) is 18.6. The fourth-order valence-electron chi connectivity index (χ4n) is 8.89. The lowest BCUT2D eigenvalue weighted by Gasteiger charge is -2.69. The molecule has 3 fully saturated rings. The minimum atomic E-state index is -0.231. The molecule has 1 heterocycles. The fraction of sp³-hybridized carbons (Fsp3) is 0.769. The molecular weight excluding hydrogens is 360 g/mol. The van der Waals surface area contributed by atoms with E-state index >= 15 is 0 Å². The zero-order valence-electron chi connectivity index (χ0n) is 18.6. The normalized spacial score (nSPS) is 45.2. The van der Waals surface area contributed by atoms with E-state index in [1.807, 2.05) is 6.07 Å². The van der Waals surface area contributed by atoms with E-state index < -0.39 is 0 Å². The first kappa shape index (κ1) is 19.7. The lowest BCUT2D eigenvalue weighted by Crippen LogP contribution is -2.66. The molecule has 3 nitrogen and oxygen atoms in total. The molecule has 0 bridgehead atoms. The van der Waals surface area contributed by atoms with Crippen molar-refractivity contribution in [2.24, 2.45) is 34.0 Å². The molecule has 0 saturated heterocycles. The molecule has 29 heavy (non-hydrogen) atoms. The van der Waals surface area contributed by atoms with Gasteiger partial charge in [-0.05, 0) is 86.2 Å². The molecule has 3 aliphatic carbocycles. The summed E-state index contributed by atoms with van der Waals surface area (Å²) in [6.07, 6.45) is 9.28. The van der Waals surface area contributed by atoms with E-state index in [0.717, 1.165) is 24.8 Å². The Bertz CT molecular complexity index is 816. The molecular formula is C26H38O3. The topological polar surface area (TPSA) is 49.7 Å². The number of rotatable bonds is 1. The largest absolute Gasteiger partial charge is 0.504 e. The number of phenols is 1. The average molecular weight is 399 g/mol. The Hall–Kier alpha value is -1.22. The van der Waals surface area contributed by atoms with Crippen LogP contribution in [-0.4, -0.2) is 22.4 Å². The maximum absolute atomic E-state index is 10.9. The van der Waals surface area contributed by atoms with Crippen LogP contribution >= 0.6 is 0 Å². The van der Waals surface area contributed by atoms with Gasteiger partial charge in [-0.1, -0.05) is 39.3 Å². The Labute approximate surface area is 175 Å². The van der Waals surface area contributed by atoms with E-state index in [9.17, 15) is 10.2 Å². The number of para-hydroxylation sites is 1. The first-order valence-corrected chi connectivity index (χ1v) is 11.8. The summed E-state index contributed by atoms with van der Waals surface area (Å²) >= 11 is 0. The van der Waals surface area contributed by atoms with Crippen LogP contribution in [0.4, 0.5) is 0 Å². The highest BCUT2D eigenvalue weighted by atomic mass is 16.5. The van der Waals surface area contributed by atoms with Crippen molar-refractivity contribution in [3.8, 4) is 11.5 Å². The molecule has 0 amide bonds. The van der Waals surface area contributed by atoms with Crippen molar-refractivity contribution in [1.82, 2.24) is 0 Å². The molecule has 1 aromatic carbocycles. The summed E-state index contributed by atoms with van der Waals surface area (Å²) in [5.41, 5.74) is 1.48. The average Bonchev–Trinajstić information content (AvgIpc) is 2.66. The van der Waals surface area contributed by atoms with Gasteiger partial charge in [-0.25, -0.2) is 0 Å². The van der Waals surface area contributed by atoms with Crippen molar-refractivity contribution in [3.05, 3.63) is 23.8 Å². The molecule has 6 atom stereocenters. The van der Waals surface area contributed by atoms with Crippen molar-refractivity contribution >= 4 is 0 Å². The van der Waals surface area contributed by atoms with Crippen LogP contribution in [0.5, 0.6) is 11.5 Å². The van der Waals surface area contributed by atoms with E-state index in [1.54, 1.807) is 6.07 Å². The van der Waals surface area contributed by atoms with Crippen LogP contribution in [0, 0.1) is 34.0 Å². The maximum Gasteiger partial charge on any atom is 0.164 e. The minimum Gasteiger partial charge on any atom is -0.504 e. The highest BCUT2D eigenvalue weighted by Crippen LogP contribution is 2.70. The van der Waals surface area contributed by atoms with Crippen molar-refractivity contribution < 1.29 is 14.9 Å². The SMILES string of the molecule is CC1(C)CCC[C@@]2(CO)C1CC[C@]1(C)C2CC[C@]2(C)Oc3c(O)cccc3CC12. The van der Waals surface area contributed by atoms with Gasteiger partial charge < -0.3 is 14.9 Å². The predicted molar refractivity (Wildman–Crippen MR) is 115 cm³/mol. The number of hydrogen-bond acceptors (Lipinski definition) is 3. The smallest absolute Gasteiger partial charge is 0.164 e. The summed E-state index contributed by atoms with van der Waals surface area (Å²) < 4.78 is 6.60. The molecule has 4 aliphatic rings. The minimum absolute atomic E-state index is 0.0647. The van der Waals surface area contributed by atoms with Gasteiger partial charge in [0.05, 0.1) is 0 Å². The lowest BCUT2D eigenvalue weighted by atomic mass is 9.37. The van der Waals surface area contributed by atoms with Crippen LogP contribution in [-0.2, 0) is 6.42 Å². The summed E-state index contributed by atoms with van der Waals surface area (Å²) in [5, 5.41) is 21.2. The third-order valence-electron chi connectivity index (χ3n) is 10.2. The highest BCUT2D eigenvalue weighted by molar-refractivity contribution is 5.48. The molecule has 0 radical (unpaired) electrons. The van der Waals surface area contributed by atoms with Gasteiger partial charge in [0.2, 0.25) is 0 Å². The van der Waals surface area contributed by atoms with Crippen LogP contribution < -0.4 is 4.74 Å². The Morgan fingerprint density at radius 2 is 1.72 bits per heavy atom. The van der Waals surface area contributed by atoms with E-state index in [4.69, 9.17) is 4.74 Å². The predicted octanol–water partition coefficient (Wildman–Crippen LogP) is 5.72. The number of benzene rings is 1. The number of fused-ring (bicyclic) bond motifs is 6. The quantitative estimate of drug-likeness (QED) is 0.636. The Kier molecular flexibility index (Phi) is 4.19. The van der Waals surface area contributed by atoms with E-state index in [0.29, 0.717) is 35.5 Å². The summed E-state index contributed by atoms with van der Waals surface area (Å²) in [4.78, 5) is 0. The molecule has 1 aromatic rings. The van der Waals surface area contributed by atoms with Crippen LogP contribution in [0.25, 0.3) is 0 Å². The lowest BCUT2D eigenvalue weighted by molar-refractivity contribution is -0.224. The van der Waals surface area contributed by atoms with Gasteiger partial charge in [-0.2, -0.15) is 0 Å². The van der Waals surface area contributed by atoms with Crippen molar-refractivity contribution in [2.45, 2.75) is 84.7 Å². The highest BCUT2D eigenvalue weighted by Gasteiger charge is 2.66. The molecule has 3 saturated carbocycles. The second kappa shape index (κ2) is 6.15. The fourth-order valence-corrected chi connectivity index (χ4v) is 8.89. The summed E-state index contributed by atoms with van der Waals surface area (Å²) in [7, 11) is 0. The monoisotopic (exact) mass is 398 g/mol. The summed E-state index contributed by atoms with van der Waals surface area (Å²) in [6.45, 7) is 10.0. The number of phenolic OH excluding ortho intramolecular Hbond substituents is 1. The molecule has 2 N–H and O–H groups in total. The molecule has 5 rings (SSSR count).